The molecule has 0 heterocycles. The second-order valence-electron chi connectivity index (χ2n) is 4.01. The van der Waals surface area contributed by atoms with E-state index in [0.717, 1.165) is 11.8 Å². The fourth-order valence-corrected chi connectivity index (χ4v) is 2.14. The van der Waals surface area contributed by atoms with Gasteiger partial charge in [-0.05, 0) is 24.6 Å². The van der Waals surface area contributed by atoms with Gasteiger partial charge in [-0.15, -0.1) is 11.8 Å². The summed E-state index contributed by atoms with van der Waals surface area (Å²) in [6.07, 6.45) is 0.774. The molecule has 0 saturated heterocycles. The van der Waals surface area contributed by atoms with Crippen molar-refractivity contribution in [1.82, 2.24) is 5.32 Å². The van der Waals surface area contributed by atoms with E-state index in [1.807, 2.05) is 0 Å². The fraction of sp³-hybridized carbons (Fsp3) is 0.385. The minimum absolute atomic E-state index is 0.110. The average molecular weight is 300 g/mol. The summed E-state index contributed by atoms with van der Waals surface area (Å²) in [5.74, 6) is -0.846. The van der Waals surface area contributed by atoms with Crippen molar-refractivity contribution in [2.24, 2.45) is 0 Å². The summed E-state index contributed by atoms with van der Waals surface area (Å²) < 4.78 is 17.9. The number of carbonyl (C=O) groups is 2. The number of nitrogens with two attached hydrogens (primary N) is 1. The number of halogens is 1. The Morgan fingerprint density at radius 2 is 2.20 bits per heavy atom. The van der Waals surface area contributed by atoms with Crippen molar-refractivity contribution in [3.63, 3.8) is 0 Å². The predicted molar refractivity (Wildman–Crippen MR) is 75.8 cm³/mol. The number of amides is 1. The van der Waals surface area contributed by atoms with E-state index in [9.17, 15) is 14.0 Å². The van der Waals surface area contributed by atoms with Gasteiger partial charge < -0.3 is 15.8 Å². The Balaban J connectivity index is 2.24. The third-order valence-corrected chi connectivity index (χ3v) is 3.47. The zero-order valence-corrected chi connectivity index (χ0v) is 12.0. The molecular formula is C13H17FN2O3S. The minimum atomic E-state index is -0.437. The van der Waals surface area contributed by atoms with E-state index in [2.05, 4.69) is 10.1 Å². The van der Waals surface area contributed by atoms with Gasteiger partial charge in [0, 0.05) is 23.5 Å². The van der Waals surface area contributed by atoms with Crippen LogP contribution in [0.2, 0.25) is 0 Å². The van der Waals surface area contributed by atoms with Crippen molar-refractivity contribution in [2.75, 3.05) is 25.1 Å². The summed E-state index contributed by atoms with van der Waals surface area (Å²) in [6.45, 7) is 0.388. The molecule has 1 aromatic carbocycles. The predicted octanol–water partition coefficient (Wildman–Crippen LogP) is 1.57. The molecule has 7 heteroatoms. The molecule has 0 aliphatic heterocycles. The van der Waals surface area contributed by atoms with Crippen molar-refractivity contribution in [3.8, 4) is 0 Å². The lowest BCUT2D eigenvalue weighted by Crippen LogP contribution is -2.26. The van der Waals surface area contributed by atoms with Gasteiger partial charge in [-0.1, -0.05) is 0 Å². The van der Waals surface area contributed by atoms with Crippen LogP contribution < -0.4 is 11.1 Å². The smallest absolute Gasteiger partial charge is 0.305 e. The summed E-state index contributed by atoms with van der Waals surface area (Å²) in [4.78, 5) is 22.7. The van der Waals surface area contributed by atoms with Crippen LogP contribution in [0, 0.1) is 5.82 Å². The van der Waals surface area contributed by atoms with Gasteiger partial charge in [-0.2, -0.15) is 0 Å². The Hall–Kier alpha value is -1.76. The highest BCUT2D eigenvalue weighted by atomic mass is 32.2. The molecule has 0 saturated carbocycles. The Labute approximate surface area is 121 Å². The van der Waals surface area contributed by atoms with Gasteiger partial charge in [-0.3, -0.25) is 9.59 Å². The topological polar surface area (TPSA) is 81.4 Å². The van der Waals surface area contributed by atoms with E-state index in [1.165, 1.54) is 13.2 Å². The summed E-state index contributed by atoms with van der Waals surface area (Å²) in [6, 6.07) is 4.34. The second kappa shape index (κ2) is 8.42. The Morgan fingerprint density at radius 3 is 2.85 bits per heavy atom. The first-order valence-corrected chi connectivity index (χ1v) is 7.03. The first-order valence-electron chi connectivity index (χ1n) is 6.04. The minimum Gasteiger partial charge on any atom is -0.469 e. The number of benzene rings is 1. The van der Waals surface area contributed by atoms with E-state index in [4.69, 9.17) is 5.73 Å². The normalized spacial score (nSPS) is 10.1. The highest BCUT2D eigenvalue weighted by Crippen LogP contribution is 2.23. The zero-order chi connectivity index (χ0) is 15.0. The molecule has 1 rings (SSSR count). The molecule has 110 valence electrons. The third-order valence-electron chi connectivity index (χ3n) is 2.42. The number of hydrogen-bond donors (Lipinski definition) is 2. The lowest BCUT2D eigenvalue weighted by atomic mass is 10.3. The number of hydrogen-bond acceptors (Lipinski definition) is 5. The van der Waals surface area contributed by atoms with Gasteiger partial charge in [-0.25, -0.2) is 4.39 Å². The summed E-state index contributed by atoms with van der Waals surface area (Å²) >= 11 is 1.10. The summed E-state index contributed by atoms with van der Waals surface area (Å²) in [5.41, 5.74) is 5.78. The largest absolute Gasteiger partial charge is 0.469 e. The van der Waals surface area contributed by atoms with Crippen LogP contribution in [-0.2, 0) is 14.3 Å². The highest BCUT2D eigenvalue weighted by molar-refractivity contribution is 8.00. The molecular weight excluding hydrogens is 283 g/mol. The molecule has 5 nitrogen and oxygen atoms in total. The zero-order valence-electron chi connectivity index (χ0n) is 11.1. The molecule has 3 N–H and O–H groups in total. The first kappa shape index (κ1) is 16.3. The van der Waals surface area contributed by atoms with E-state index in [1.54, 1.807) is 12.1 Å². The van der Waals surface area contributed by atoms with Crippen LogP contribution in [0.5, 0.6) is 0 Å². The van der Waals surface area contributed by atoms with Crippen molar-refractivity contribution >= 4 is 29.3 Å². The second-order valence-corrected chi connectivity index (χ2v) is 5.03. The maximum Gasteiger partial charge on any atom is 0.305 e. The summed E-state index contributed by atoms with van der Waals surface area (Å²) in [7, 11) is 1.32. The fourth-order valence-electron chi connectivity index (χ4n) is 1.39. The molecule has 0 fully saturated rings. The Kier molecular flexibility index (Phi) is 6.86. The number of ether oxygens (including phenoxy) is 1. The molecule has 0 bridgehead atoms. The van der Waals surface area contributed by atoms with Crippen LogP contribution in [0.15, 0.2) is 23.1 Å². The van der Waals surface area contributed by atoms with Crippen LogP contribution in [0.4, 0.5) is 10.1 Å². The van der Waals surface area contributed by atoms with Gasteiger partial charge in [0.25, 0.3) is 0 Å². The highest BCUT2D eigenvalue weighted by Gasteiger charge is 2.07. The Bertz CT molecular complexity index is 483. The molecule has 1 aromatic rings. The van der Waals surface area contributed by atoms with E-state index >= 15 is 0 Å². The lowest BCUT2D eigenvalue weighted by molar-refractivity contribution is -0.140. The maximum absolute atomic E-state index is 13.5. The van der Waals surface area contributed by atoms with Crippen molar-refractivity contribution in [1.29, 1.82) is 0 Å². The molecule has 0 aliphatic rings. The lowest BCUT2D eigenvalue weighted by Gasteiger charge is -2.06. The molecule has 1 amide bonds. The maximum atomic E-state index is 13.5. The van der Waals surface area contributed by atoms with Gasteiger partial charge in [0.2, 0.25) is 5.91 Å². The van der Waals surface area contributed by atoms with E-state index in [0.29, 0.717) is 23.5 Å². The van der Waals surface area contributed by atoms with E-state index < -0.39 is 5.82 Å². The van der Waals surface area contributed by atoms with Crippen LogP contribution >= 0.6 is 11.8 Å². The SMILES string of the molecule is COC(=O)CCCNC(=O)CSc1ccc(N)cc1F. The van der Waals surface area contributed by atoms with Gasteiger partial charge >= 0.3 is 5.97 Å². The van der Waals surface area contributed by atoms with Crippen molar-refractivity contribution in [2.45, 2.75) is 17.7 Å². The Morgan fingerprint density at radius 1 is 1.45 bits per heavy atom. The summed E-state index contributed by atoms with van der Waals surface area (Å²) in [5, 5.41) is 2.65. The number of carbonyl (C=O) groups excluding carboxylic acids is 2. The molecule has 20 heavy (non-hydrogen) atoms. The molecule has 0 unspecified atom stereocenters. The number of thioether (sulfide) groups is 1. The van der Waals surface area contributed by atoms with Crippen LogP contribution in [0.3, 0.4) is 0 Å². The standard InChI is InChI=1S/C13H17FN2O3S/c1-19-13(18)3-2-6-16-12(17)8-20-11-5-4-9(15)7-10(11)14/h4-5,7H,2-3,6,8,15H2,1H3,(H,16,17). The van der Waals surface area contributed by atoms with Crippen LogP contribution in [0.25, 0.3) is 0 Å². The number of nitrogen functional groups attached to an aromatic ring is 1. The number of esters is 1. The third kappa shape index (κ3) is 5.92. The van der Waals surface area contributed by atoms with Crippen molar-refractivity contribution in [3.05, 3.63) is 24.0 Å². The number of methoxy groups -OCH3 is 1. The number of anilines is 1. The quantitative estimate of drug-likeness (QED) is 0.346. The number of rotatable bonds is 7. The number of nitrogens with one attached hydrogen (secondary N) is 1. The first-order chi connectivity index (χ1) is 9.52. The molecule has 0 spiro atoms. The van der Waals surface area contributed by atoms with E-state index in [-0.39, 0.29) is 24.1 Å². The van der Waals surface area contributed by atoms with Crippen LogP contribution in [0.1, 0.15) is 12.8 Å². The van der Waals surface area contributed by atoms with Gasteiger partial charge in [0.15, 0.2) is 0 Å². The molecule has 0 aliphatic carbocycles. The monoisotopic (exact) mass is 300 g/mol. The van der Waals surface area contributed by atoms with Gasteiger partial charge in [0.05, 0.1) is 12.9 Å². The van der Waals surface area contributed by atoms with Gasteiger partial charge in [0.1, 0.15) is 5.82 Å². The van der Waals surface area contributed by atoms with Crippen molar-refractivity contribution < 1.29 is 18.7 Å². The molecule has 0 atom stereocenters. The molecule has 0 aromatic heterocycles. The average Bonchev–Trinajstić information content (AvgIpc) is 2.42. The molecule has 0 radical (unpaired) electrons. The van der Waals surface area contributed by atoms with Crippen LogP contribution in [-0.4, -0.2) is 31.3 Å².